The molecule has 1 heterocycles. The molecule has 152 valence electrons. The molecule has 3 aromatic rings. The first-order valence-corrected chi connectivity index (χ1v) is 8.85. The molecule has 1 aromatic heterocycles. The van der Waals surface area contributed by atoms with Crippen LogP contribution in [0.25, 0.3) is 22.3 Å². The van der Waals surface area contributed by atoms with Gasteiger partial charge >= 0.3 is 0 Å². The molecule has 9 N–H and O–H groups in total. The second-order valence-electron chi connectivity index (χ2n) is 6.50. The maximum Gasteiger partial charge on any atom is 0.259 e. The van der Waals surface area contributed by atoms with Gasteiger partial charge in [-0.05, 0) is 23.3 Å². The molecule has 1 amide bonds. The van der Waals surface area contributed by atoms with Crippen molar-refractivity contribution in [3.8, 4) is 28.1 Å². The Labute approximate surface area is 171 Å². The lowest BCUT2D eigenvalue weighted by molar-refractivity contribution is 0.0963. The number of carbonyl (C=O) groups is 1. The first-order valence-electron chi connectivity index (χ1n) is 8.85. The highest BCUT2D eigenvalue weighted by molar-refractivity contribution is 6.08. The molecule has 0 spiro atoms. The first kappa shape index (κ1) is 20.3. The molecule has 3 rings (SSSR count). The van der Waals surface area contributed by atoms with Crippen LogP contribution in [0.3, 0.4) is 0 Å². The normalized spacial score (nSPS) is 10.4. The Hall–Kier alpha value is -4.40. The molecule has 30 heavy (non-hydrogen) atoms. The van der Waals surface area contributed by atoms with Gasteiger partial charge in [-0.25, -0.2) is 0 Å². The summed E-state index contributed by atoms with van der Waals surface area (Å²) in [5.41, 5.74) is 12.0. The number of aromatic hydroxyl groups is 1. The highest BCUT2D eigenvalue weighted by Gasteiger charge is 2.25. The third kappa shape index (κ3) is 3.63. The van der Waals surface area contributed by atoms with Crippen molar-refractivity contribution in [1.29, 1.82) is 10.8 Å². The molecule has 2 aromatic carbocycles. The summed E-state index contributed by atoms with van der Waals surface area (Å²) in [4.78, 5) is 28.0. The van der Waals surface area contributed by atoms with E-state index in [2.05, 4.69) is 10.3 Å². The van der Waals surface area contributed by atoms with Crippen molar-refractivity contribution in [3.63, 3.8) is 0 Å². The maximum atomic E-state index is 12.8. The number of carbonyl (C=O) groups excluding carboxylic acids is 1. The van der Waals surface area contributed by atoms with Crippen LogP contribution in [0.5, 0.6) is 5.88 Å². The fourth-order valence-corrected chi connectivity index (χ4v) is 3.18. The van der Waals surface area contributed by atoms with Gasteiger partial charge in [0.1, 0.15) is 11.7 Å². The smallest absolute Gasteiger partial charge is 0.259 e. The third-order valence-electron chi connectivity index (χ3n) is 4.57. The summed E-state index contributed by atoms with van der Waals surface area (Å²) >= 11 is 0. The fraction of sp³-hybridized carbons (Fsp3) is 0.0476. The Morgan fingerprint density at radius 1 is 0.967 bits per heavy atom. The molecule has 0 saturated heterocycles. The second kappa shape index (κ2) is 7.92. The van der Waals surface area contributed by atoms with Crippen LogP contribution in [0, 0.1) is 10.8 Å². The van der Waals surface area contributed by atoms with Gasteiger partial charge < -0.3 is 21.9 Å². The molecule has 0 aliphatic carbocycles. The Bertz CT molecular complexity index is 1250. The number of amides is 1. The molecule has 0 aliphatic rings. The number of hydrogen-bond donors (Lipinski definition) is 7. The molecule has 0 bridgehead atoms. The van der Waals surface area contributed by atoms with Crippen molar-refractivity contribution in [2.24, 2.45) is 11.5 Å². The number of H-pyrrole nitrogens is 1. The first-order chi connectivity index (χ1) is 14.2. The van der Waals surface area contributed by atoms with Gasteiger partial charge in [-0.1, -0.05) is 36.4 Å². The Kier molecular flexibility index (Phi) is 5.37. The lowest BCUT2D eigenvalue weighted by atomic mass is 9.91. The van der Waals surface area contributed by atoms with Crippen molar-refractivity contribution in [2.45, 2.75) is 0 Å². The van der Waals surface area contributed by atoms with Gasteiger partial charge in [0, 0.05) is 18.2 Å². The van der Waals surface area contributed by atoms with Crippen LogP contribution in [-0.4, -0.2) is 34.7 Å². The van der Waals surface area contributed by atoms with E-state index in [0.29, 0.717) is 22.3 Å². The van der Waals surface area contributed by atoms with Crippen LogP contribution in [0.15, 0.2) is 53.3 Å². The molecule has 0 saturated carbocycles. The maximum absolute atomic E-state index is 12.8. The molecule has 0 unspecified atom stereocenters. The van der Waals surface area contributed by atoms with Crippen molar-refractivity contribution in [1.82, 2.24) is 10.3 Å². The van der Waals surface area contributed by atoms with Gasteiger partial charge in [0.25, 0.3) is 11.5 Å². The summed E-state index contributed by atoms with van der Waals surface area (Å²) in [6, 6.07) is 12.8. The van der Waals surface area contributed by atoms with Gasteiger partial charge in [-0.15, -0.1) is 0 Å². The summed E-state index contributed by atoms with van der Waals surface area (Å²) in [5, 5.41) is 28.3. The minimum atomic E-state index is -0.682. The number of rotatable bonds is 5. The highest BCUT2D eigenvalue weighted by Crippen LogP contribution is 2.35. The Morgan fingerprint density at radius 2 is 1.47 bits per heavy atom. The van der Waals surface area contributed by atoms with Crippen LogP contribution in [0.2, 0.25) is 0 Å². The topological polar surface area (TPSA) is 182 Å². The number of nitrogens with one attached hydrogen (secondary N) is 4. The number of nitrogens with two attached hydrogens (primary N) is 2. The average Bonchev–Trinajstić information content (AvgIpc) is 2.72. The summed E-state index contributed by atoms with van der Waals surface area (Å²) in [7, 11) is 1.41. The Balaban J connectivity index is 2.42. The monoisotopic (exact) mass is 404 g/mol. The predicted octanol–water partition coefficient (Wildman–Crippen LogP) is 1.34. The summed E-state index contributed by atoms with van der Waals surface area (Å²) < 4.78 is 0. The van der Waals surface area contributed by atoms with E-state index in [1.807, 2.05) is 0 Å². The number of aromatic nitrogens is 1. The van der Waals surface area contributed by atoms with Crippen molar-refractivity contribution >= 4 is 17.6 Å². The van der Waals surface area contributed by atoms with Gasteiger partial charge in [-0.3, -0.25) is 25.4 Å². The molecular formula is C21H20N6O3. The minimum absolute atomic E-state index is 0.0125. The second-order valence-corrected chi connectivity index (χ2v) is 6.50. The zero-order valence-electron chi connectivity index (χ0n) is 16.0. The van der Waals surface area contributed by atoms with Crippen LogP contribution in [-0.2, 0) is 0 Å². The molecule has 0 fully saturated rings. The summed E-state index contributed by atoms with van der Waals surface area (Å²) in [6.07, 6.45) is 0. The summed E-state index contributed by atoms with van der Waals surface area (Å²) in [5.74, 6) is -1.46. The van der Waals surface area contributed by atoms with E-state index in [4.69, 9.17) is 22.3 Å². The van der Waals surface area contributed by atoms with E-state index in [9.17, 15) is 14.7 Å². The quantitative estimate of drug-likeness (QED) is 0.250. The van der Waals surface area contributed by atoms with Gasteiger partial charge in [-0.2, -0.15) is 0 Å². The standard InChI is InChI=1S/C21H20N6O3/c1-26-19(28)16-14(10-4-2-6-12(8-10)17(22)23)20(29)27-21(30)15(16)11-5-3-7-13(9-11)18(24)25/h2-9H,1H3,(H3,22,23)(H3,24,25)(H,26,28)(H2,27,29,30). The van der Waals surface area contributed by atoms with E-state index in [1.54, 1.807) is 36.4 Å². The number of amidine groups is 2. The van der Waals surface area contributed by atoms with Crippen molar-refractivity contribution in [2.75, 3.05) is 7.05 Å². The average molecular weight is 404 g/mol. The summed E-state index contributed by atoms with van der Waals surface area (Å²) in [6.45, 7) is 0. The van der Waals surface area contributed by atoms with Crippen LogP contribution < -0.4 is 22.3 Å². The van der Waals surface area contributed by atoms with E-state index in [0.717, 1.165) is 0 Å². The van der Waals surface area contributed by atoms with E-state index < -0.39 is 17.3 Å². The lowest BCUT2D eigenvalue weighted by Gasteiger charge is -2.16. The number of benzene rings is 2. The third-order valence-corrected chi connectivity index (χ3v) is 4.57. The van der Waals surface area contributed by atoms with Crippen LogP contribution in [0.1, 0.15) is 21.5 Å². The van der Waals surface area contributed by atoms with Crippen molar-refractivity contribution in [3.05, 3.63) is 75.6 Å². The highest BCUT2D eigenvalue weighted by atomic mass is 16.3. The van der Waals surface area contributed by atoms with Crippen molar-refractivity contribution < 1.29 is 9.90 Å². The van der Waals surface area contributed by atoms with Crippen LogP contribution >= 0.6 is 0 Å². The zero-order valence-corrected chi connectivity index (χ0v) is 16.0. The zero-order chi connectivity index (χ0) is 22.0. The van der Waals surface area contributed by atoms with E-state index >= 15 is 0 Å². The molecule has 9 heteroatoms. The fourth-order valence-electron chi connectivity index (χ4n) is 3.18. The number of aromatic amines is 1. The predicted molar refractivity (Wildman–Crippen MR) is 115 cm³/mol. The number of pyridine rings is 1. The van der Waals surface area contributed by atoms with Gasteiger partial charge in [0.2, 0.25) is 0 Å². The largest absolute Gasteiger partial charge is 0.494 e. The molecule has 0 radical (unpaired) electrons. The SMILES string of the molecule is CNC(=O)c1c(-c2cccc(C(=N)N)c2)c(O)[nH]c(=O)c1-c1cccc(C(=N)N)c1. The Morgan fingerprint density at radius 3 is 1.93 bits per heavy atom. The molecular weight excluding hydrogens is 384 g/mol. The molecule has 0 aliphatic heterocycles. The molecule has 9 nitrogen and oxygen atoms in total. The number of hydrogen-bond acceptors (Lipinski definition) is 5. The van der Waals surface area contributed by atoms with E-state index in [-0.39, 0.29) is 28.4 Å². The van der Waals surface area contributed by atoms with Gasteiger partial charge in [0.15, 0.2) is 5.88 Å². The molecule has 0 atom stereocenters. The van der Waals surface area contributed by atoms with E-state index in [1.165, 1.54) is 19.2 Å². The minimum Gasteiger partial charge on any atom is -0.494 e. The van der Waals surface area contributed by atoms with Gasteiger partial charge in [0.05, 0.1) is 16.7 Å². The lowest BCUT2D eigenvalue weighted by Crippen LogP contribution is -2.24. The van der Waals surface area contributed by atoms with Crippen LogP contribution in [0.4, 0.5) is 0 Å². The number of nitrogen functional groups attached to an aromatic ring is 2.